The average molecular weight is 445 g/mol. The SMILES string of the molecule is CCOC(=O)Cn1c(=NC(=O)c2cc3cccc(OC)c3o2)sc2cc(Cl)ccc21. The summed E-state index contributed by atoms with van der Waals surface area (Å²) in [5.74, 6) is -0.383. The minimum Gasteiger partial charge on any atom is -0.493 e. The van der Waals surface area contributed by atoms with Gasteiger partial charge in [-0.1, -0.05) is 35.1 Å². The number of carbonyl (C=O) groups is 2. The van der Waals surface area contributed by atoms with Gasteiger partial charge in [0.15, 0.2) is 21.9 Å². The van der Waals surface area contributed by atoms with Gasteiger partial charge in [0.25, 0.3) is 0 Å². The van der Waals surface area contributed by atoms with E-state index in [4.69, 9.17) is 25.5 Å². The first-order valence-electron chi connectivity index (χ1n) is 9.10. The molecule has 4 rings (SSSR count). The van der Waals surface area contributed by atoms with Crippen molar-refractivity contribution in [2.45, 2.75) is 13.5 Å². The van der Waals surface area contributed by atoms with E-state index in [2.05, 4.69) is 4.99 Å². The molecule has 2 aromatic heterocycles. The van der Waals surface area contributed by atoms with E-state index >= 15 is 0 Å². The number of rotatable bonds is 5. The zero-order chi connectivity index (χ0) is 21.3. The highest BCUT2D eigenvalue weighted by Gasteiger charge is 2.17. The van der Waals surface area contributed by atoms with Gasteiger partial charge in [-0.2, -0.15) is 4.99 Å². The van der Waals surface area contributed by atoms with Crippen molar-refractivity contribution in [2.75, 3.05) is 13.7 Å². The lowest BCUT2D eigenvalue weighted by Gasteiger charge is -2.05. The van der Waals surface area contributed by atoms with Crippen molar-refractivity contribution in [2.24, 2.45) is 4.99 Å². The van der Waals surface area contributed by atoms with Crippen molar-refractivity contribution < 1.29 is 23.5 Å². The molecule has 0 saturated heterocycles. The van der Waals surface area contributed by atoms with Gasteiger partial charge in [0.1, 0.15) is 6.54 Å². The van der Waals surface area contributed by atoms with Gasteiger partial charge in [-0.3, -0.25) is 9.59 Å². The van der Waals surface area contributed by atoms with Crippen LogP contribution < -0.4 is 9.54 Å². The van der Waals surface area contributed by atoms with Crippen LogP contribution in [-0.4, -0.2) is 30.2 Å². The number of aromatic nitrogens is 1. The van der Waals surface area contributed by atoms with E-state index in [1.54, 1.807) is 41.8 Å². The van der Waals surface area contributed by atoms with Crippen molar-refractivity contribution in [1.29, 1.82) is 0 Å². The molecule has 0 aliphatic rings. The summed E-state index contributed by atoms with van der Waals surface area (Å²) in [6.07, 6.45) is 0. The van der Waals surface area contributed by atoms with Crippen molar-refractivity contribution in [3.8, 4) is 5.75 Å². The molecule has 0 aliphatic heterocycles. The van der Waals surface area contributed by atoms with Crippen LogP contribution in [0.4, 0.5) is 0 Å². The topological polar surface area (TPSA) is 83.0 Å². The molecule has 2 heterocycles. The Morgan fingerprint density at radius 1 is 1.23 bits per heavy atom. The summed E-state index contributed by atoms with van der Waals surface area (Å²) in [6, 6.07) is 12.3. The molecule has 2 aromatic carbocycles. The largest absolute Gasteiger partial charge is 0.493 e. The highest BCUT2D eigenvalue weighted by Crippen LogP contribution is 2.29. The minimum absolute atomic E-state index is 0.0739. The normalized spacial score (nSPS) is 11.9. The Morgan fingerprint density at radius 3 is 2.83 bits per heavy atom. The molecule has 7 nitrogen and oxygen atoms in total. The van der Waals surface area contributed by atoms with E-state index in [0.29, 0.717) is 21.2 Å². The van der Waals surface area contributed by atoms with Crippen LogP contribution in [-0.2, 0) is 16.1 Å². The first-order chi connectivity index (χ1) is 14.5. The summed E-state index contributed by atoms with van der Waals surface area (Å²) >= 11 is 7.35. The second-order valence-corrected chi connectivity index (χ2v) is 7.74. The van der Waals surface area contributed by atoms with E-state index in [1.807, 2.05) is 12.1 Å². The molecule has 0 atom stereocenters. The molecule has 9 heteroatoms. The number of methoxy groups -OCH3 is 1. The number of para-hydroxylation sites is 1. The average Bonchev–Trinajstić information content (AvgIpc) is 3.29. The predicted molar refractivity (Wildman–Crippen MR) is 114 cm³/mol. The van der Waals surface area contributed by atoms with Gasteiger partial charge in [0.2, 0.25) is 0 Å². The van der Waals surface area contributed by atoms with Gasteiger partial charge in [0, 0.05) is 10.4 Å². The number of hydrogen-bond acceptors (Lipinski definition) is 6. The van der Waals surface area contributed by atoms with Crippen LogP contribution in [0.25, 0.3) is 21.2 Å². The lowest BCUT2D eigenvalue weighted by Crippen LogP contribution is -2.23. The summed E-state index contributed by atoms with van der Waals surface area (Å²) in [5, 5.41) is 1.28. The third kappa shape index (κ3) is 3.83. The monoisotopic (exact) mass is 444 g/mol. The number of amides is 1. The number of esters is 1. The van der Waals surface area contributed by atoms with Crippen LogP contribution in [0.2, 0.25) is 5.02 Å². The summed E-state index contributed by atoms with van der Waals surface area (Å²) in [5.41, 5.74) is 1.20. The molecular weight excluding hydrogens is 428 g/mol. The number of halogens is 1. The number of furan rings is 1. The van der Waals surface area contributed by atoms with Crippen molar-refractivity contribution in [1.82, 2.24) is 4.57 Å². The van der Waals surface area contributed by atoms with Crippen LogP contribution in [0.1, 0.15) is 17.5 Å². The summed E-state index contributed by atoms with van der Waals surface area (Å²) in [4.78, 5) is 29.5. The highest BCUT2D eigenvalue weighted by molar-refractivity contribution is 7.16. The highest BCUT2D eigenvalue weighted by atomic mass is 35.5. The zero-order valence-corrected chi connectivity index (χ0v) is 17.7. The lowest BCUT2D eigenvalue weighted by molar-refractivity contribution is -0.143. The molecule has 0 N–H and O–H groups in total. The Labute approximate surface area is 180 Å². The molecule has 0 radical (unpaired) electrons. The number of fused-ring (bicyclic) bond motifs is 2. The van der Waals surface area contributed by atoms with Gasteiger partial charge >= 0.3 is 11.9 Å². The Morgan fingerprint density at radius 2 is 2.07 bits per heavy atom. The predicted octanol–water partition coefficient (Wildman–Crippen LogP) is 4.42. The summed E-state index contributed by atoms with van der Waals surface area (Å²) < 4.78 is 18.5. The molecule has 0 spiro atoms. The maximum Gasteiger partial charge on any atom is 0.326 e. The van der Waals surface area contributed by atoms with E-state index in [9.17, 15) is 9.59 Å². The number of ether oxygens (including phenoxy) is 2. The number of carbonyl (C=O) groups excluding carboxylic acids is 2. The van der Waals surface area contributed by atoms with E-state index < -0.39 is 11.9 Å². The molecule has 0 saturated carbocycles. The van der Waals surface area contributed by atoms with Crippen LogP contribution in [0, 0.1) is 0 Å². The number of nitrogens with zero attached hydrogens (tertiary/aromatic N) is 2. The molecule has 0 unspecified atom stereocenters. The second kappa shape index (κ2) is 8.33. The fourth-order valence-corrected chi connectivity index (χ4v) is 4.37. The van der Waals surface area contributed by atoms with Gasteiger partial charge in [0.05, 0.1) is 23.9 Å². The van der Waals surface area contributed by atoms with E-state index in [-0.39, 0.29) is 18.9 Å². The summed E-state index contributed by atoms with van der Waals surface area (Å²) in [6.45, 7) is 1.92. The van der Waals surface area contributed by atoms with Crippen LogP contribution >= 0.6 is 22.9 Å². The molecule has 154 valence electrons. The third-order valence-electron chi connectivity index (χ3n) is 4.37. The molecule has 0 fully saturated rings. The zero-order valence-electron chi connectivity index (χ0n) is 16.2. The molecule has 0 bridgehead atoms. The molecular formula is C21H17ClN2O5S. The molecule has 30 heavy (non-hydrogen) atoms. The second-order valence-electron chi connectivity index (χ2n) is 6.29. The lowest BCUT2D eigenvalue weighted by atomic mass is 10.2. The van der Waals surface area contributed by atoms with Crippen LogP contribution in [0.5, 0.6) is 5.75 Å². The van der Waals surface area contributed by atoms with Gasteiger partial charge in [-0.05, 0) is 37.3 Å². The van der Waals surface area contributed by atoms with Crippen molar-refractivity contribution >= 4 is 56.0 Å². The van der Waals surface area contributed by atoms with Crippen LogP contribution in [0.3, 0.4) is 0 Å². The Kier molecular flexibility index (Phi) is 5.61. The quantitative estimate of drug-likeness (QED) is 0.425. The standard InChI is InChI=1S/C21H17ClN2O5S/c1-3-28-18(25)11-24-14-8-7-13(22)10-17(14)30-21(24)23-20(26)16-9-12-5-4-6-15(27-2)19(12)29-16/h4-10H,3,11H2,1-2H3. The molecule has 1 amide bonds. The Bertz CT molecular complexity index is 1330. The van der Waals surface area contributed by atoms with Gasteiger partial charge in [-0.15, -0.1) is 0 Å². The molecule has 0 aliphatic carbocycles. The number of thiazole rings is 1. The Hall–Kier alpha value is -3.10. The van der Waals surface area contributed by atoms with Crippen LogP contribution in [0.15, 0.2) is 51.9 Å². The van der Waals surface area contributed by atoms with Gasteiger partial charge < -0.3 is 18.5 Å². The Balaban J connectivity index is 1.81. The van der Waals surface area contributed by atoms with E-state index in [1.165, 1.54) is 18.4 Å². The first kappa shape index (κ1) is 20.2. The maximum atomic E-state index is 12.8. The molecule has 4 aromatic rings. The summed E-state index contributed by atoms with van der Waals surface area (Å²) in [7, 11) is 1.53. The third-order valence-corrected chi connectivity index (χ3v) is 5.65. The van der Waals surface area contributed by atoms with Crippen molar-refractivity contribution in [3.05, 3.63) is 58.0 Å². The van der Waals surface area contributed by atoms with Crippen molar-refractivity contribution in [3.63, 3.8) is 0 Å². The first-order valence-corrected chi connectivity index (χ1v) is 10.3. The maximum absolute atomic E-state index is 12.8. The minimum atomic E-state index is -0.566. The number of hydrogen-bond donors (Lipinski definition) is 0. The fraction of sp³-hybridized carbons (Fsp3) is 0.190. The fourth-order valence-electron chi connectivity index (χ4n) is 3.07. The smallest absolute Gasteiger partial charge is 0.326 e. The van der Waals surface area contributed by atoms with Gasteiger partial charge in [-0.25, -0.2) is 0 Å². The van der Waals surface area contributed by atoms with E-state index in [0.717, 1.165) is 15.6 Å². The number of benzene rings is 2.